The highest BCUT2D eigenvalue weighted by molar-refractivity contribution is 7.26. The first-order valence-corrected chi connectivity index (χ1v) is 16.8. The van der Waals surface area contributed by atoms with Crippen LogP contribution in [0.15, 0.2) is 97.1 Å². The average Bonchev–Trinajstić information content (AvgIpc) is 3.34. The Morgan fingerprint density at radius 2 is 1.30 bits per heavy atom. The van der Waals surface area contributed by atoms with Crippen molar-refractivity contribution in [2.45, 2.75) is 71.6 Å². The van der Waals surface area contributed by atoms with Gasteiger partial charge in [-0.05, 0) is 79.7 Å². The summed E-state index contributed by atoms with van der Waals surface area (Å²) in [6.07, 6.45) is 0. The maximum Gasteiger partial charge on any atom is 0.247 e. The lowest BCUT2D eigenvalue weighted by molar-refractivity contribution is 0.588. The predicted octanol–water partition coefficient (Wildman–Crippen LogP) is 9.59. The van der Waals surface area contributed by atoms with E-state index in [-0.39, 0.29) is 23.0 Å². The Labute approximate surface area is 266 Å². The van der Waals surface area contributed by atoms with Crippen molar-refractivity contribution in [3.8, 4) is 0 Å². The largest absolute Gasteiger partial charge is 0.311 e. The molecule has 0 radical (unpaired) electrons. The summed E-state index contributed by atoms with van der Waals surface area (Å²) in [5.41, 5.74) is 13.9. The molecule has 1 aromatic heterocycles. The van der Waals surface area contributed by atoms with Crippen LogP contribution in [-0.4, -0.2) is 6.71 Å². The lowest BCUT2D eigenvalue weighted by Gasteiger charge is -2.45. The van der Waals surface area contributed by atoms with Crippen molar-refractivity contribution in [1.82, 2.24) is 0 Å². The van der Waals surface area contributed by atoms with E-state index in [4.69, 9.17) is 0 Å². The number of anilines is 3. The van der Waals surface area contributed by atoms with Crippen LogP contribution in [0.25, 0.3) is 20.2 Å². The molecule has 0 fully saturated rings. The molecule has 0 N–H and O–H groups in total. The van der Waals surface area contributed by atoms with E-state index in [0.29, 0.717) is 0 Å². The lowest BCUT2D eigenvalue weighted by Crippen LogP contribution is -2.64. The van der Waals surface area contributed by atoms with Gasteiger partial charge in [-0.2, -0.15) is 0 Å². The zero-order chi connectivity index (χ0) is 30.8. The van der Waals surface area contributed by atoms with Crippen molar-refractivity contribution in [3.05, 3.63) is 119 Å². The molecule has 3 heterocycles. The molecule has 2 aliphatic rings. The van der Waals surface area contributed by atoms with Crippen molar-refractivity contribution in [2.75, 3.05) is 4.90 Å². The Balaban J connectivity index is 1.48. The number of fused-ring (bicyclic) bond motifs is 7. The molecule has 2 aliphatic heterocycles. The third-order valence-corrected chi connectivity index (χ3v) is 11.4. The number of rotatable bonds is 1. The number of nitrogens with zero attached hydrogens (tertiary/aromatic N) is 1. The van der Waals surface area contributed by atoms with Gasteiger partial charge < -0.3 is 4.90 Å². The normalized spacial score (nSPS) is 15.4. The second-order valence-corrected chi connectivity index (χ2v) is 16.6. The lowest BCUT2D eigenvalue weighted by atomic mass is 9.30. The van der Waals surface area contributed by atoms with Crippen LogP contribution in [0.5, 0.6) is 0 Å². The number of hydrogen-bond acceptors (Lipinski definition) is 2. The molecule has 1 nitrogen and oxygen atoms in total. The predicted molar refractivity (Wildman–Crippen MR) is 195 cm³/mol. The highest BCUT2D eigenvalue weighted by atomic mass is 32.1. The first kappa shape index (κ1) is 27.7. The Bertz CT molecular complexity index is 2120. The van der Waals surface area contributed by atoms with Gasteiger partial charge in [-0.15, -0.1) is 11.3 Å². The summed E-state index contributed by atoms with van der Waals surface area (Å²) < 4.78 is 2.70. The maximum absolute atomic E-state index is 2.55. The van der Waals surface area contributed by atoms with Gasteiger partial charge in [0.05, 0.1) is 0 Å². The zero-order valence-electron chi connectivity index (χ0n) is 27.2. The van der Waals surface area contributed by atoms with Crippen LogP contribution in [0, 0.1) is 0 Å². The minimum Gasteiger partial charge on any atom is -0.311 e. The standard InChI is InChI=1S/C41H40BNS/c1-39(2,3)25-16-19-27(20-17-25)43-34-14-11-13-31-38(34)42(32-22-26(40(4,5)6)18-21-30(32)41(31,7)8)33-23-29-28-12-9-10-15-36(28)44-37(29)24-35(33)43/h9-24H,1-8H3. The molecule has 6 aromatic rings. The molecule has 5 aromatic carbocycles. The van der Waals surface area contributed by atoms with E-state index in [1.54, 1.807) is 0 Å². The molecule has 0 unspecified atom stereocenters. The number of thiophene rings is 1. The van der Waals surface area contributed by atoms with E-state index in [1.165, 1.54) is 75.9 Å². The molecule has 0 spiro atoms. The number of hydrogen-bond donors (Lipinski definition) is 0. The van der Waals surface area contributed by atoms with Gasteiger partial charge >= 0.3 is 0 Å². The van der Waals surface area contributed by atoms with E-state index in [1.807, 2.05) is 11.3 Å². The van der Waals surface area contributed by atoms with Crippen LogP contribution in [-0.2, 0) is 16.2 Å². The second-order valence-electron chi connectivity index (χ2n) is 15.5. The van der Waals surface area contributed by atoms with Gasteiger partial charge in [0.1, 0.15) is 0 Å². The summed E-state index contributed by atoms with van der Waals surface area (Å²) in [4.78, 5) is 2.55. The Morgan fingerprint density at radius 1 is 0.591 bits per heavy atom. The third kappa shape index (κ3) is 3.91. The quantitative estimate of drug-likeness (QED) is 0.172. The Hall–Kier alpha value is -3.82. The highest BCUT2D eigenvalue weighted by Gasteiger charge is 2.46. The van der Waals surface area contributed by atoms with E-state index >= 15 is 0 Å². The van der Waals surface area contributed by atoms with Crippen LogP contribution in [0.2, 0.25) is 0 Å². The van der Waals surface area contributed by atoms with Crippen LogP contribution in [0.3, 0.4) is 0 Å². The van der Waals surface area contributed by atoms with Crippen LogP contribution in [0.4, 0.5) is 17.1 Å². The molecule has 218 valence electrons. The molecule has 0 saturated carbocycles. The molecular formula is C41H40BNS. The second kappa shape index (κ2) is 9.11. The van der Waals surface area contributed by atoms with Crippen molar-refractivity contribution in [1.29, 1.82) is 0 Å². The number of benzene rings is 5. The molecule has 0 atom stereocenters. The Morgan fingerprint density at radius 3 is 2.02 bits per heavy atom. The smallest absolute Gasteiger partial charge is 0.247 e. The Kier molecular flexibility index (Phi) is 5.74. The van der Waals surface area contributed by atoms with Crippen LogP contribution in [0.1, 0.15) is 77.6 Å². The summed E-state index contributed by atoms with van der Waals surface area (Å²) in [7, 11) is 0. The summed E-state index contributed by atoms with van der Waals surface area (Å²) in [5.74, 6) is 0. The van der Waals surface area contributed by atoms with Crippen molar-refractivity contribution >= 4 is 71.7 Å². The average molecular weight is 590 g/mol. The van der Waals surface area contributed by atoms with Crippen LogP contribution >= 0.6 is 11.3 Å². The van der Waals surface area contributed by atoms with Gasteiger partial charge in [0.2, 0.25) is 6.71 Å². The fourth-order valence-electron chi connectivity index (χ4n) is 7.78. The van der Waals surface area contributed by atoms with Gasteiger partial charge in [-0.1, -0.05) is 128 Å². The molecule has 44 heavy (non-hydrogen) atoms. The fourth-order valence-corrected chi connectivity index (χ4v) is 8.90. The molecule has 3 heteroatoms. The minimum absolute atomic E-state index is 0.0742. The first-order valence-electron chi connectivity index (χ1n) is 16.0. The summed E-state index contributed by atoms with van der Waals surface area (Å²) >= 11 is 1.91. The van der Waals surface area contributed by atoms with Gasteiger partial charge in [0.15, 0.2) is 0 Å². The van der Waals surface area contributed by atoms with Crippen LogP contribution < -0.4 is 21.3 Å². The molecule has 0 amide bonds. The molecule has 0 saturated heterocycles. The fraction of sp³-hybridized carbons (Fsp3) is 0.268. The third-order valence-electron chi connectivity index (χ3n) is 10.3. The minimum atomic E-state index is -0.105. The molecule has 0 bridgehead atoms. The highest BCUT2D eigenvalue weighted by Crippen LogP contribution is 2.45. The SMILES string of the molecule is CC(C)(C)c1ccc(N2c3cc4sc5ccccc5c4cc3B3c4cc(C(C)(C)C)ccc4C(C)(C)c4cccc2c43)cc1. The van der Waals surface area contributed by atoms with E-state index in [9.17, 15) is 0 Å². The van der Waals surface area contributed by atoms with Crippen molar-refractivity contribution in [2.24, 2.45) is 0 Å². The van der Waals surface area contributed by atoms with E-state index in [0.717, 1.165) is 0 Å². The summed E-state index contributed by atoms with van der Waals surface area (Å²) in [6, 6.07) is 37.6. The summed E-state index contributed by atoms with van der Waals surface area (Å²) in [6.45, 7) is 18.9. The molecular weight excluding hydrogens is 549 g/mol. The zero-order valence-corrected chi connectivity index (χ0v) is 28.0. The van der Waals surface area contributed by atoms with Gasteiger partial charge in [-0.25, -0.2) is 0 Å². The van der Waals surface area contributed by atoms with E-state index < -0.39 is 0 Å². The van der Waals surface area contributed by atoms with Gasteiger partial charge in [0, 0.05) is 37.3 Å². The topological polar surface area (TPSA) is 3.24 Å². The maximum atomic E-state index is 2.55. The summed E-state index contributed by atoms with van der Waals surface area (Å²) in [5, 5.41) is 2.72. The first-order chi connectivity index (χ1) is 20.8. The van der Waals surface area contributed by atoms with Crippen molar-refractivity contribution < 1.29 is 0 Å². The molecule has 0 aliphatic carbocycles. The van der Waals surface area contributed by atoms with Crippen molar-refractivity contribution in [3.63, 3.8) is 0 Å². The molecule has 8 rings (SSSR count). The monoisotopic (exact) mass is 589 g/mol. The van der Waals surface area contributed by atoms with Gasteiger partial charge in [-0.3, -0.25) is 0 Å². The van der Waals surface area contributed by atoms with E-state index in [2.05, 4.69) is 157 Å². The van der Waals surface area contributed by atoms with Gasteiger partial charge in [0.25, 0.3) is 0 Å².